The molecule has 0 radical (unpaired) electrons. The van der Waals surface area contributed by atoms with Crippen LogP contribution in [-0.4, -0.2) is 28.7 Å². The number of rotatable bonds is 6. The number of hydrogen-bond acceptors (Lipinski definition) is 6. The maximum atomic E-state index is 5.65. The van der Waals surface area contributed by atoms with Crippen LogP contribution in [0.5, 0.6) is 0 Å². The van der Waals surface area contributed by atoms with Crippen LogP contribution in [0.1, 0.15) is 0 Å². The second-order valence-electron chi connectivity index (χ2n) is 21.9. The van der Waals surface area contributed by atoms with Crippen molar-refractivity contribution in [1.29, 1.82) is 0 Å². The number of thiophene rings is 3. The van der Waals surface area contributed by atoms with Gasteiger partial charge < -0.3 is 0 Å². The molecule has 84 heavy (non-hydrogen) atoms. The maximum absolute atomic E-state index is 5.65. The molecule has 12 aromatic carbocycles. The molecular weight excluding hydrogens is 1080 g/mol. The zero-order valence-corrected chi connectivity index (χ0v) is 47.1. The quantitative estimate of drug-likeness (QED) is 0.167. The Morgan fingerprint density at radius 1 is 0.190 bits per heavy atom. The molecule has 19 aromatic rings. The van der Waals surface area contributed by atoms with E-state index in [1.54, 1.807) is 0 Å². The molecule has 0 amide bonds. The van der Waals surface area contributed by atoms with E-state index in [0.29, 0.717) is 17.8 Å². The van der Waals surface area contributed by atoms with Gasteiger partial charge in [-0.25, -0.2) is 0 Å². The molecule has 6 nitrogen and oxygen atoms in total. The number of nitrogens with zero attached hydrogens (tertiary/aromatic N) is 6. The highest BCUT2D eigenvalue weighted by atomic mass is 32.1. The normalized spacial score (nSPS) is 12.3. The third kappa shape index (κ3) is 6.79. The highest BCUT2D eigenvalue weighted by Gasteiger charge is 2.24. The predicted octanol–water partition coefficient (Wildman–Crippen LogP) is 21.3. The van der Waals surface area contributed by atoms with E-state index in [0.717, 1.165) is 82.1 Å². The Kier molecular flexibility index (Phi) is 9.71. The van der Waals surface area contributed by atoms with E-state index in [9.17, 15) is 0 Å². The van der Waals surface area contributed by atoms with Crippen LogP contribution in [-0.2, 0) is 0 Å². The highest BCUT2D eigenvalue weighted by molar-refractivity contribution is 7.26. The minimum Gasteiger partial charge on any atom is -0.278 e. The monoisotopic (exact) mass is 1120 g/mol. The Bertz CT molecular complexity index is 5430. The lowest BCUT2D eigenvalue weighted by Crippen LogP contribution is -2.13. The van der Waals surface area contributed by atoms with Crippen molar-refractivity contribution in [2.75, 3.05) is 0 Å². The van der Waals surface area contributed by atoms with Crippen molar-refractivity contribution in [2.45, 2.75) is 0 Å². The van der Waals surface area contributed by atoms with Gasteiger partial charge in [0.1, 0.15) is 0 Å². The van der Waals surface area contributed by atoms with Gasteiger partial charge in [-0.15, -0.1) is 34.0 Å². The van der Waals surface area contributed by atoms with Crippen LogP contribution < -0.4 is 0 Å². The molecule has 9 heteroatoms. The number of para-hydroxylation sites is 3. The molecule has 0 atom stereocenters. The van der Waals surface area contributed by atoms with Gasteiger partial charge in [0.2, 0.25) is 17.8 Å². The first-order chi connectivity index (χ1) is 41.6. The zero-order chi connectivity index (χ0) is 54.7. The molecule has 0 saturated carbocycles. The van der Waals surface area contributed by atoms with Crippen LogP contribution in [0, 0.1) is 0 Å². The summed E-state index contributed by atoms with van der Waals surface area (Å²) in [7, 11) is 0. The predicted molar refractivity (Wildman–Crippen MR) is 358 cm³/mol. The summed E-state index contributed by atoms with van der Waals surface area (Å²) in [6.07, 6.45) is 0. The van der Waals surface area contributed by atoms with Crippen LogP contribution in [0.4, 0.5) is 0 Å². The lowest BCUT2D eigenvalue weighted by atomic mass is 10.0. The van der Waals surface area contributed by atoms with Gasteiger partial charge in [-0.2, -0.15) is 15.0 Å². The fourth-order valence-corrected chi connectivity index (χ4v) is 16.9. The first-order valence-electron chi connectivity index (χ1n) is 28.2. The Morgan fingerprint density at radius 2 is 0.429 bits per heavy atom. The van der Waals surface area contributed by atoms with Gasteiger partial charge in [-0.1, -0.05) is 164 Å². The van der Waals surface area contributed by atoms with Gasteiger partial charge in [-0.3, -0.25) is 13.7 Å². The summed E-state index contributed by atoms with van der Waals surface area (Å²) in [6.45, 7) is 0. The smallest absolute Gasteiger partial charge is 0.241 e. The van der Waals surface area contributed by atoms with Crippen LogP contribution in [0.2, 0.25) is 0 Å². The van der Waals surface area contributed by atoms with Gasteiger partial charge >= 0.3 is 0 Å². The SMILES string of the molecule is c1ccc2c(c1)sc1cc(-c3ccc4c(c3)c3ccccc3n4-c3nc(-n4c5ccccc5c5cc(-c6ccc7c(c6)sc6ccccc67)ccc54)nc(-n4c5ccccc5c5cc(-c6ccc7c(c6)sc6ccccc67)ccc54)n3)ccc12. The summed E-state index contributed by atoms with van der Waals surface area (Å²) >= 11 is 5.55. The first kappa shape index (κ1) is 46.3. The molecule has 390 valence electrons. The second-order valence-corrected chi connectivity index (χ2v) is 25.2. The fraction of sp³-hybridized carbons (Fsp3) is 0. The van der Waals surface area contributed by atoms with Crippen LogP contribution in [0.25, 0.3) is 177 Å². The van der Waals surface area contributed by atoms with Gasteiger partial charge in [0.05, 0.1) is 33.1 Å². The minimum atomic E-state index is 0.527. The molecule has 19 rings (SSSR count). The van der Waals surface area contributed by atoms with E-state index in [4.69, 9.17) is 15.0 Å². The van der Waals surface area contributed by atoms with Crippen molar-refractivity contribution in [3.8, 4) is 51.2 Å². The van der Waals surface area contributed by atoms with Crippen LogP contribution in [0.3, 0.4) is 0 Å². The van der Waals surface area contributed by atoms with E-state index in [-0.39, 0.29) is 0 Å². The summed E-state index contributed by atoms with van der Waals surface area (Å²) in [4.78, 5) is 16.9. The lowest BCUT2D eigenvalue weighted by Gasteiger charge is -2.14. The van der Waals surface area contributed by atoms with E-state index in [1.165, 1.54) is 77.2 Å². The molecule has 0 N–H and O–H groups in total. The number of aromatic nitrogens is 6. The standard InChI is InChI=1S/C75H42N6S3/c1-7-19-61-49(13-1)58-37-43(46-25-31-55-52-16-4-10-22-67(52)82-70(55)40-46)28-34-64(58)79(61)73-76-74(80-62-20-8-2-14-50(62)59-38-44(29-35-65(59)80)47-26-32-56-53-17-5-11-23-68(53)83-71(56)41-47)78-75(77-73)81-63-21-9-3-15-51(63)60-39-45(30-36-66(60)81)48-27-33-57-54-18-6-12-24-69(54)84-72(57)42-48/h1-42H. The summed E-state index contributed by atoms with van der Waals surface area (Å²) in [5.74, 6) is 1.58. The Morgan fingerprint density at radius 3 is 0.750 bits per heavy atom. The number of fused-ring (bicyclic) bond motifs is 18. The van der Waals surface area contributed by atoms with Gasteiger partial charge in [0, 0.05) is 92.8 Å². The fourth-order valence-electron chi connectivity index (χ4n) is 13.5. The molecular formula is C75H42N6S3. The Labute approximate surface area is 491 Å². The molecule has 0 spiro atoms. The summed E-state index contributed by atoms with van der Waals surface area (Å²) in [5.41, 5.74) is 13.1. The van der Waals surface area contributed by atoms with Gasteiger partial charge in [-0.05, 0) is 124 Å². The second kappa shape index (κ2) is 17.6. The van der Waals surface area contributed by atoms with Crippen molar-refractivity contribution < 1.29 is 0 Å². The summed E-state index contributed by atoms with van der Waals surface area (Å²) in [6, 6.07) is 93.3. The third-order valence-electron chi connectivity index (χ3n) is 17.4. The largest absolute Gasteiger partial charge is 0.278 e. The van der Waals surface area contributed by atoms with Gasteiger partial charge in [0.15, 0.2) is 0 Å². The van der Waals surface area contributed by atoms with Crippen molar-refractivity contribution >= 4 is 160 Å². The molecule has 0 aliphatic rings. The lowest BCUT2D eigenvalue weighted by molar-refractivity contribution is 0.848. The number of benzene rings is 12. The van der Waals surface area contributed by atoms with Crippen molar-refractivity contribution in [1.82, 2.24) is 28.7 Å². The first-order valence-corrected chi connectivity index (χ1v) is 30.7. The van der Waals surface area contributed by atoms with Crippen molar-refractivity contribution in [3.63, 3.8) is 0 Å². The zero-order valence-electron chi connectivity index (χ0n) is 44.7. The third-order valence-corrected chi connectivity index (χ3v) is 20.8. The van der Waals surface area contributed by atoms with E-state index >= 15 is 0 Å². The summed E-state index contributed by atoms with van der Waals surface area (Å²) in [5, 5.41) is 14.5. The average Bonchev–Trinajstić information content (AvgIpc) is 2.33. The van der Waals surface area contributed by atoms with Gasteiger partial charge in [0.25, 0.3) is 0 Å². The van der Waals surface area contributed by atoms with Crippen molar-refractivity contribution in [3.05, 3.63) is 255 Å². The molecule has 0 fully saturated rings. The molecule has 0 saturated heterocycles. The molecule has 0 aliphatic carbocycles. The number of hydrogen-bond donors (Lipinski definition) is 0. The molecule has 0 unspecified atom stereocenters. The topological polar surface area (TPSA) is 53.5 Å². The maximum Gasteiger partial charge on any atom is 0.241 e. The van der Waals surface area contributed by atoms with Crippen LogP contribution in [0.15, 0.2) is 255 Å². The Balaban J connectivity index is 0.834. The molecule has 7 heterocycles. The minimum absolute atomic E-state index is 0.527. The summed E-state index contributed by atoms with van der Waals surface area (Å²) < 4.78 is 14.5. The average molecular weight is 1120 g/mol. The molecule has 7 aromatic heterocycles. The molecule has 0 aliphatic heterocycles. The van der Waals surface area contributed by atoms with E-state index < -0.39 is 0 Å². The van der Waals surface area contributed by atoms with E-state index in [1.807, 2.05) is 34.0 Å². The Hall–Kier alpha value is -10.3. The van der Waals surface area contributed by atoms with Crippen molar-refractivity contribution in [2.24, 2.45) is 0 Å². The van der Waals surface area contributed by atoms with E-state index in [2.05, 4.69) is 268 Å². The highest BCUT2D eigenvalue weighted by Crippen LogP contribution is 2.44. The van der Waals surface area contributed by atoms with Crippen LogP contribution >= 0.6 is 34.0 Å². The molecule has 0 bridgehead atoms.